The molecule has 6 heteroatoms. The van der Waals surface area contributed by atoms with Crippen molar-refractivity contribution in [2.24, 2.45) is 5.92 Å². The van der Waals surface area contributed by atoms with Crippen molar-refractivity contribution in [1.82, 2.24) is 4.90 Å². The van der Waals surface area contributed by atoms with Crippen molar-refractivity contribution < 1.29 is 24.2 Å². The number of hydrogen-bond acceptors (Lipinski definition) is 4. The molecule has 0 unspecified atom stereocenters. The Hall–Kier alpha value is -2.24. The number of carbonyl (C=O) groups excluding carboxylic acids is 1. The molecule has 1 N–H and O–H groups in total. The number of fused-ring (bicyclic) bond motifs is 1. The summed E-state index contributed by atoms with van der Waals surface area (Å²) in [5.74, 6) is -0.381. The van der Waals surface area contributed by atoms with Crippen molar-refractivity contribution in [1.29, 1.82) is 0 Å². The van der Waals surface area contributed by atoms with Gasteiger partial charge < -0.3 is 19.5 Å². The minimum absolute atomic E-state index is 0.208. The summed E-state index contributed by atoms with van der Waals surface area (Å²) in [7, 11) is 0. The predicted molar refractivity (Wildman–Crippen MR) is 73.3 cm³/mol. The van der Waals surface area contributed by atoms with E-state index in [2.05, 4.69) is 0 Å². The second-order valence-corrected chi connectivity index (χ2v) is 5.42. The van der Waals surface area contributed by atoms with E-state index >= 15 is 0 Å². The number of nitrogens with zero attached hydrogens (tertiary/aromatic N) is 1. The van der Waals surface area contributed by atoms with Crippen molar-refractivity contribution in [3.8, 4) is 11.5 Å². The molecule has 0 aromatic heterocycles. The molecule has 2 aliphatic rings. The zero-order chi connectivity index (χ0) is 15.0. The standard InChI is InChI=1S/C15H17NO5/c1-9-13(21-12-5-3-2-4-11(12)20-9)14(17)16-7-6-10(8-16)15(18)19/h2-5,9-10,13H,6-8H2,1H3,(H,18,19)/t9-,10+,13-/m0/s1. The van der Waals surface area contributed by atoms with Gasteiger partial charge in [0.25, 0.3) is 5.91 Å². The molecule has 1 saturated heterocycles. The number of likely N-dealkylation sites (tertiary alicyclic amines) is 1. The Bertz CT molecular complexity index is 573. The summed E-state index contributed by atoms with van der Waals surface area (Å²) in [6.07, 6.45) is -0.650. The number of para-hydroxylation sites is 2. The lowest BCUT2D eigenvalue weighted by atomic mass is 10.1. The number of carbonyl (C=O) groups is 2. The lowest BCUT2D eigenvalue weighted by Gasteiger charge is -2.33. The fourth-order valence-electron chi connectivity index (χ4n) is 2.73. The topological polar surface area (TPSA) is 76.1 Å². The van der Waals surface area contributed by atoms with Crippen molar-refractivity contribution in [3.05, 3.63) is 24.3 Å². The predicted octanol–water partition coefficient (Wildman–Crippen LogP) is 1.15. The molecule has 0 radical (unpaired) electrons. The lowest BCUT2D eigenvalue weighted by Crippen LogP contribution is -2.50. The Morgan fingerprint density at radius 2 is 1.90 bits per heavy atom. The van der Waals surface area contributed by atoms with E-state index in [1.54, 1.807) is 24.0 Å². The van der Waals surface area contributed by atoms with Crippen LogP contribution in [0.4, 0.5) is 0 Å². The Morgan fingerprint density at radius 1 is 1.24 bits per heavy atom. The van der Waals surface area contributed by atoms with E-state index in [0.717, 1.165) is 0 Å². The molecule has 0 spiro atoms. The summed E-state index contributed by atoms with van der Waals surface area (Å²) in [4.78, 5) is 25.0. The van der Waals surface area contributed by atoms with Crippen molar-refractivity contribution >= 4 is 11.9 Å². The number of carboxylic acids is 1. The SMILES string of the molecule is C[C@@H]1Oc2ccccc2O[C@@H]1C(=O)N1CC[C@@H](C(=O)O)C1. The first-order chi connectivity index (χ1) is 10.1. The van der Waals surface area contributed by atoms with Gasteiger partial charge in [0.2, 0.25) is 6.10 Å². The van der Waals surface area contributed by atoms with E-state index in [-0.39, 0.29) is 12.5 Å². The summed E-state index contributed by atoms with van der Waals surface area (Å²) < 4.78 is 11.5. The van der Waals surface area contributed by atoms with Crippen LogP contribution in [0.3, 0.4) is 0 Å². The molecule has 3 atom stereocenters. The van der Waals surface area contributed by atoms with Gasteiger partial charge in [0.05, 0.1) is 5.92 Å². The molecule has 1 aromatic carbocycles. The maximum atomic E-state index is 12.5. The van der Waals surface area contributed by atoms with Crippen molar-refractivity contribution in [2.45, 2.75) is 25.6 Å². The number of amides is 1. The van der Waals surface area contributed by atoms with Gasteiger partial charge in [0, 0.05) is 13.1 Å². The van der Waals surface area contributed by atoms with Crippen LogP contribution in [0.2, 0.25) is 0 Å². The molecule has 2 aliphatic heterocycles. The summed E-state index contributed by atoms with van der Waals surface area (Å²) in [5, 5.41) is 9.01. The third kappa shape index (κ3) is 2.53. The number of aliphatic carboxylic acids is 1. The largest absolute Gasteiger partial charge is 0.482 e. The number of rotatable bonds is 2. The summed E-state index contributed by atoms with van der Waals surface area (Å²) >= 11 is 0. The van der Waals surface area contributed by atoms with E-state index in [9.17, 15) is 9.59 Å². The Labute approximate surface area is 122 Å². The highest BCUT2D eigenvalue weighted by Gasteiger charge is 2.40. The number of hydrogen-bond donors (Lipinski definition) is 1. The molecule has 1 amide bonds. The zero-order valence-electron chi connectivity index (χ0n) is 11.7. The van der Waals surface area contributed by atoms with Crippen LogP contribution in [0.15, 0.2) is 24.3 Å². The molecule has 6 nitrogen and oxygen atoms in total. The van der Waals surface area contributed by atoms with Crippen LogP contribution in [0.1, 0.15) is 13.3 Å². The normalized spacial score (nSPS) is 27.5. The Balaban J connectivity index is 1.73. The average molecular weight is 291 g/mol. The molecule has 21 heavy (non-hydrogen) atoms. The fourth-order valence-corrected chi connectivity index (χ4v) is 2.73. The Kier molecular flexibility index (Phi) is 3.45. The highest BCUT2D eigenvalue weighted by Crippen LogP contribution is 2.34. The van der Waals surface area contributed by atoms with Crippen LogP contribution in [-0.4, -0.2) is 47.2 Å². The van der Waals surface area contributed by atoms with Gasteiger partial charge in [0.15, 0.2) is 11.5 Å². The van der Waals surface area contributed by atoms with E-state index in [1.165, 1.54) is 0 Å². The average Bonchev–Trinajstić information content (AvgIpc) is 2.96. The summed E-state index contributed by atoms with van der Waals surface area (Å²) in [6.45, 7) is 2.47. The molecule has 2 heterocycles. The molecule has 1 aromatic rings. The van der Waals surface area contributed by atoms with Crippen molar-refractivity contribution in [3.63, 3.8) is 0 Å². The quantitative estimate of drug-likeness (QED) is 0.884. The first-order valence-electron chi connectivity index (χ1n) is 7.00. The minimum Gasteiger partial charge on any atom is -0.482 e. The van der Waals surface area contributed by atoms with Crippen LogP contribution >= 0.6 is 0 Å². The highest BCUT2D eigenvalue weighted by molar-refractivity contribution is 5.84. The second kappa shape index (κ2) is 5.27. The Morgan fingerprint density at radius 3 is 2.52 bits per heavy atom. The molecule has 0 aliphatic carbocycles. The maximum absolute atomic E-state index is 12.5. The highest BCUT2D eigenvalue weighted by atomic mass is 16.6. The summed E-state index contributed by atoms with van der Waals surface area (Å²) in [6, 6.07) is 7.21. The molecular formula is C15H17NO5. The molecule has 3 rings (SSSR count). The van der Waals surface area contributed by atoms with E-state index in [0.29, 0.717) is 24.5 Å². The molecule has 0 saturated carbocycles. The van der Waals surface area contributed by atoms with Gasteiger partial charge in [-0.3, -0.25) is 9.59 Å². The first-order valence-corrected chi connectivity index (χ1v) is 7.00. The van der Waals surface area contributed by atoms with Crippen LogP contribution in [0.5, 0.6) is 11.5 Å². The van der Waals surface area contributed by atoms with Gasteiger partial charge in [-0.1, -0.05) is 12.1 Å². The monoisotopic (exact) mass is 291 g/mol. The van der Waals surface area contributed by atoms with Crippen LogP contribution in [0, 0.1) is 5.92 Å². The van der Waals surface area contributed by atoms with E-state index < -0.39 is 24.1 Å². The third-order valence-corrected chi connectivity index (χ3v) is 3.93. The van der Waals surface area contributed by atoms with Crippen LogP contribution < -0.4 is 9.47 Å². The number of ether oxygens (including phenoxy) is 2. The smallest absolute Gasteiger partial charge is 0.308 e. The first kappa shape index (κ1) is 13.7. The molecular weight excluding hydrogens is 274 g/mol. The van der Waals surface area contributed by atoms with Crippen LogP contribution in [-0.2, 0) is 9.59 Å². The number of carboxylic acid groups (broad SMARTS) is 1. The van der Waals surface area contributed by atoms with E-state index in [4.69, 9.17) is 14.6 Å². The second-order valence-electron chi connectivity index (χ2n) is 5.42. The number of benzene rings is 1. The van der Waals surface area contributed by atoms with Gasteiger partial charge >= 0.3 is 5.97 Å². The van der Waals surface area contributed by atoms with Gasteiger partial charge in [-0.15, -0.1) is 0 Å². The lowest BCUT2D eigenvalue weighted by molar-refractivity contribution is -0.144. The molecule has 112 valence electrons. The zero-order valence-corrected chi connectivity index (χ0v) is 11.7. The minimum atomic E-state index is -0.857. The summed E-state index contributed by atoms with van der Waals surface area (Å²) in [5.41, 5.74) is 0. The third-order valence-electron chi connectivity index (χ3n) is 3.93. The van der Waals surface area contributed by atoms with Crippen molar-refractivity contribution in [2.75, 3.05) is 13.1 Å². The van der Waals surface area contributed by atoms with Gasteiger partial charge in [-0.2, -0.15) is 0 Å². The van der Waals surface area contributed by atoms with Gasteiger partial charge in [-0.05, 0) is 25.5 Å². The van der Waals surface area contributed by atoms with Gasteiger partial charge in [-0.25, -0.2) is 0 Å². The molecule has 1 fully saturated rings. The van der Waals surface area contributed by atoms with E-state index in [1.807, 2.05) is 12.1 Å². The molecule has 0 bridgehead atoms. The van der Waals surface area contributed by atoms with Crippen LogP contribution in [0.25, 0.3) is 0 Å². The van der Waals surface area contributed by atoms with Gasteiger partial charge in [0.1, 0.15) is 6.10 Å². The fraction of sp³-hybridized carbons (Fsp3) is 0.467. The maximum Gasteiger partial charge on any atom is 0.308 e.